The van der Waals surface area contributed by atoms with Crippen LogP contribution in [0.1, 0.15) is 45.5 Å². The van der Waals surface area contributed by atoms with Gasteiger partial charge in [-0.2, -0.15) is 4.31 Å². The molecule has 176 valence electrons. The predicted octanol–water partition coefficient (Wildman–Crippen LogP) is 1.93. The van der Waals surface area contributed by atoms with E-state index < -0.39 is 40.2 Å². The normalized spacial score (nSPS) is 14.4. The standard InChI is InChI=1S/C22H24FN3O6S/c1-15-9-10-16(13-19(15)33(30,31)26-11-5-2-6-12-26)22(29)32-14-20(27)24-25-21(28)17-7-3-4-8-18(17)23/h3-4,7-10,13H,2,5-6,11-12,14H2,1H3,(H,24,27)(H,25,28). The molecule has 0 atom stereocenters. The lowest BCUT2D eigenvalue weighted by atomic mass is 10.1. The molecule has 9 nitrogen and oxygen atoms in total. The first-order valence-electron chi connectivity index (χ1n) is 10.3. The Balaban J connectivity index is 1.59. The Morgan fingerprint density at radius 1 is 1.03 bits per heavy atom. The molecule has 2 aromatic carbocycles. The van der Waals surface area contributed by atoms with Crippen LogP contribution in [-0.2, 0) is 19.6 Å². The molecule has 1 aliphatic rings. The predicted molar refractivity (Wildman–Crippen MR) is 116 cm³/mol. The Morgan fingerprint density at radius 2 is 1.73 bits per heavy atom. The number of sulfonamides is 1. The van der Waals surface area contributed by atoms with Crippen LogP contribution in [0.15, 0.2) is 47.4 Å². The van der Waals surface area contributed by atoms with Crippen molar-refractivity contribution in [2.45, 2.75) is 31.1 Å². The van der Waals surface area contributed by atoms with Crippen molar-refractivity contribution in [3.05, 3.63) is 65.0 Å². The van der Waals surface area contributed by atoms with Gasteiger partial charge in [0.1, 0.15) is 5.82 Å². The molecular formula is C22H24FN3O6S. The second-order valence-electron chi connectivity index (χ2n) is 7.50. The van der Waals surface area contributed by atoms with Gasteiger partial charge in [0.15, 0.2) is 6.61 Å². The molecule has 1 aliphatic heterocycles. The van der Waals surface area contributed by atoms with Crippen LogP contribution in [0.5, 0.6) is 0 Å². The number of aryl methyl sites for hydroxylation is 1. The third-order valence-electron chi connectivity index (χ3n) is 5.12. The molecule has 0 spiro atoms. The average Bonchev–Trinajstić information content (AvgIpc) is 2.82. The highest BCUT2D eigenvalue weighted by molar-refractivity contribution is 7.89. The molecular weight excluding hydrogens is 453 g/mol. The maximum atomic E-state index is 13.6. The fourth-order valence-electron chi connectivity index (χ4n) is 3.34. The molecule has 0 aromatic heterocycles. The number of benzene rings is 2. The van der Waals surface area contributed by atoms with Crippen LogP contribution in [0.4, 0.5) is 4.39 Å². The Labute approximate surface area is 190 Å². The van der Waals surface area contributed by atoms with Gasteiger partial charge in [-0.15, -0.1) is 0 Å². The number of rotatable bonds is 6. The van der Waals surface area contributed by atoms with Gasteiger partial charge in [-0.25, -0.2) is 17.6 Å². The highest BCUT2D eigenvalue weighted by Gasteiger charge is 2.28. The van der Waals surface area contributed by atoms with E-state index in [1.165, 1.54) is 40.7 Å². The lowest BCUT2D eigenvalue weighted by Crippen LogP contribution is -2.43. The zero-order valence-electron chi connectivity index (χ0n) is 18.0. The minimum Gasteiger partial charge on any atom is -0.452 e. The molecule has 3 rings (SSSR count). The summed E-state index contributed by atoms with van der Waals surface area (Å²) in [7, 11) is -3.76. The fourth-order valence-corrected chi connectivity index (χ4v) is 5.11. The Hall–Kier alpha value is -3.31. The van der Waals surface area contributed by atoms with E-state index in [4.69, 9.17) is 4.74 Å². The first kappa shape index (κ1) is 24.3. The molecule has 2 aromatic rings. The number of halogens is 1. The minimum absolute atomic E-state index is 0.0143. The van der Waals surface area contributed by atoms with Crippen LogP contribution in [0.2, 0.25) is 0 Å². The van der Waals surface area contributed by atoms with Gasteiger partial charge in [0.05, 0.1) is 16.0 Å². The number of esters is 1. The number of hydrazine groups is 1. The molecule has 2 amide bonds. The lowest BCUT2D eigenvalue weighted by molar-refractivity contribution is -0.125. The van der Waals surface area contributed by atoms with Crippen molar-refractivity contribution in [3.63, 3.8) is 0 Å². The van der Waals surface area contributed by atoms with Crippen LogP contribution in [0, 0.1) is 12.7 Å². The van der Waals surface area contributed by atoms with Crippen LogP contribution >= 0.6 is 0 Å². The van der Waals surface area contributed by atoms with Crippen molar-refractivity contribution in [1.82, 2.24) is 15.2 Å². The summed E-state index contributed by atoms with van der Waals surface area (Å²) in [5.74, 6) is -3.40. The van der Waals surface area contributed by atoms with Crippen LogP contribution in [0.3, 0.4) is 0 Å². The van der Waals surface area contributed by atoms with Gasteiger partial charge >= 0.3 is 5.97 Å². The molecule has 1 fully saturated rings. The summed E-state index contributed by atoms with van der Waals surface area (Å²) in [5, 5.41) is 0. The SMILES string of the molecule is Cc1ccc(C(=O)OCC(=O)NNC(=O)c2ccccc2F)cc1S(=O)(=O)N1CCCCC1. The zero-order valence-corrected chi connectivity index (χ0v) is 18.8. The van der Waals surface area contributed by atoms with Crippen molar-refractivity contribution >= 4 is 27.8 Å². The number of piperidine rings is 1. The topological polar surface area (TPSA) is 122 Å². The Kier molecular flexibility index (Phi) is 7.77. The van der Waals surface area contributed by atoms with Crippen molar-refractivity contribution in [3.8, 4) is 0 Å². The number of nitrogens with zero attached hydrogens (tertiary/aromatic N) is 1. The van der Waals surface area contributed by atoms with Gasteiger partial charge in [-0.05, 0) is 49.6 Å². The van der Waals surface area contributed by atoms with Crippen LogP contribution in [0.25, 0.3) is 0 Å². The number of nitrogens with one attached hydrogen (secondary N) is 2. The molecule has 0 unspecified atom stereocenters. The number of hydrogen-bond acceptors (Lipinski definition) is 6. The first-order chi connectivity index (χ1) is 15.7. The maximum Gasteiger partial charge on any atom is 0.338 e. The monoisotopic (exact) mass is 477 g/mol. The average molecular weight is 478 g/mol. The second kappa shape index (κ2) is 10.5. The zero-order chi connectivity index (χ0) is 24.0. The Bertz CT molecular complexity index is 1160. The minimum atomic E-state index is -3.76. The molecule has 2 N–H and O–H groups in total. The molecule has 33 heavy (non-hydrogen) atoms. The quantitative estimate of drug-likeness (QED) is 0.484. The third-order valence-corrected chi connectivity index (χ3v) is 7.17. The molecule has 0 aliphatic carbocycles. The second-order valence-corrected chi connectivity index (χ2v) is 9.41. The van der Waals surface area contributed by atoms with Gasteiger partial charge in [0, 0.05) is 13.1 Å². The van der Waals surface area contributed by atoms with E-state index in [9.17, 15) is 27.2 Å². The highest BCUT2D eigenvalue weighted by Crippen LogP contribution is 2.24. The van der Waals surface area contributed by atoms with E-state index in [0.717, 1.165) is 25.3 Å². The Morgan fingerprint density at radius 3 is 2.42 bits per heavy atom. The molecule has 0 saturated carbocycles. The molecule has 1 saturated heterocycles. The largest absolute Gasteiger partial charge is 0.452 e. The summed E-state index contributed by atoms with van der Waals surface area (Å²) < 4.78 is 45.9. The van der Waals surface area contributed by atoms with E-state index in [-0.39, 0.29) is 16.0 Å². The first-order valence-corrected chi connectivity index (χ1v) is 11.8. The van der Waals surface area contributed by atoms with E-state index in [1.54, 1.807) is 6.92 Å². The van der Waals surface area contributed by atoms with E-state index >= 15 is 0 Å². The summed E-state index contributed by atoms with van der Waals surface area (Å²) in [6, 6.07) is 9.36. The van der Waals surface area contributed by atoms with Gasteiger partial charge in [0.25, 0.3) is 11.8 Å². The smallest absolute Gasteiger partial charge is 0.338 e. The summed E-state index contributed by atoms with van der Waals surface area (Å²) in [6.45, 7) is 1.75. The summed E-state index contributed by atoms with van der Waals surface area (Å²) >= 11 is 0. The number of carbonyl (C=O) groups is 3. The van der Waals surface area contributed by atoms with Crippen molar-refractivity contribution in [2.24, 2.45) is 0 Å². The molecule has 0 bridgehead atoms. The van der Waals surface area contributed by atoms with Gasteiger partial charge in [-0.1, -0.05) is 24.6 Å². The van der Waals surface area contributed by atoms with E-state index in [2.05, 4.69) is 0 Å². The maximum absolute atomic E-state index is 13.6. The summed E-state index contributed by atoms with van der Waals surface area (Å²) in [5.41, 5.74) is 4.24. The van der Waals surface area contributed by atoms with Crippen molar-refractivity contribution in [2.75, 3.05) is 19.7 Å². The fraction of sp³-hybridized carbons (Fsp3) is 0.318. The van der Waals surface area contributed by atoms with Crippen molar-refractivity contribution in [1.29, 1.82) is 0 Å². The molecule has 0 radical (unpaired) electrons. The summed E-state index contributed by atoms with van der Waals surface area (Å²) in [6.07, 6.45) is 2.53. The van der Waals surface area contributed by atoms with Crippen LogP contribution < -0.4 is 10.9 Å². The number of ether oxygens (including phenoxy) is 1. The lowest BCUT2D eigenvalue weighted by Gasteiger charge is -2.26. The van der Waals surface area contributed by atoms with Crippen molar-refractivity contribution < 1.29 is 31.9 Å². The third kappa shape index (κ3) is 5.93. The van der Waals surface area contributed by atoms with Gasteiger partial charge in [-0.3, -0.25) is 20.4 Å². The highest BCUT2D eigenvalue weighted by atomic mass is 32.2. The molecule has 11 heteroatoms. The number of hydrogen-bond donors (Lipinski definition) is 2. The van der Waals surface area contributed by atoms with Gasteiger partial charge in [0.2, 0.25) is 10.0 Å². The number of carbonyl (C=O) groups excluding carboxylic acids is 3. The number of amides is 2. The molecule has 1 heterocycles. The van der Waals surface area contributed by atoms with E-state index in [1.807, 2.05) is 10.9 Å². The summed E-state index contributed by atoms with van der Waals surface area (Å²) in [4.78, 5) is 36.2. The van der Waals surface area contributed by atoms with Gasteiger partial charge < -0.3 is 4.74 Å². The van der Waals surface area contributed by atoms with Crippen LogP contribution in [-0.4, -0.2) is 50.2 Å². The van der Waals surface area contributed by atoms with E-state index in [0.29, 0.717) is 18.7 Å².